The Bertz CT molecular complexity index is 1030. The summed E-state index contributed by atoms with van der Waals surface area (Å²) in [5, 5.41) is 6.55. The predicted molar refractivity (Wildman–Crippen MR) is 117 cm³/mol. The van der Waals surface area contributed by atoms with Crippen LogP contribution in [0.25, 0.3) is 0 Å². The van der Waals surface area contributed by atoms with E-state index < -0.39 is 16.1 Å². The van der Waals surface area contributed by atoms with Crippen molar-refractivity contribution in [2.45, 2.75) is 38.3 Å². The number of hydrogen-bond donors (Lipinski definition) is 2. The molecule has 0 spiro atoms. The molecule has 0 bridgehead atoms. The molecule has 1 fully saturated rings. The van der Waals surface area contributed by atoms with Crippen molar-refractivity contribution in [1.29, 1.82) is 0 Å². The summed E-state index contributed by atoms with van der Waals surface area (Å²) >= 11 is 0. The van der Waals surface area contributed by atoms with Gasteiger partial charge in [0.15, 0.2) is 5.76 Å². The quantitative estimate of drug-likeness (QED) is 0.581. The minimum atomic E-state index is -3.93. The fraction of sp³-hybridized carbons (Fsp3) is 0.476. The highest BCUT2D eigenvalue weighted by Crippen LogP contribution is 2.19. The molecule has 32 heavy (non-hydrogen) atoms. The van der Waals surface area contributed by atoms with Crippen molar-refractivity contribution in [3.8, 4) is 0 Å². The first-order valence-electron chi connectivity index (χ1n) is 10.4. The number of amides is 2. The zero-order valence-corrected chi connectivity index (χ0v) is 19.3. The molecule has 0 saturated carbocycles. The van der Waals surface area contributed by atoms with Gasteiger partial charge in [0.1, 0.15) is 10.6 Å². The zero-order valence-electron chi connectivity index (χ0n) is 18.5. The molecule has 2 heterocycles. The molecule has 1 aromatic carbocycles. The van der Waals surface area contributed by atoms with Crippen molar-refractivity contribution in [1.82, 2.24) is 25.0 Å². The third-order valence-electron chi connectivity index (χ3n) is 5.32. The van der Waals surface area contributed by atoms with E-state index in [2.05, 4.69) is 15.2 Å². The Balaban J connectivity index is 1.46. The monoisotopic (exact) mass is 463 g/mol. The third kappa shape index (κ3) is 5.93. The van der Waals surface area contributed by atoms with Gasteiger partial charge in [-0.15, -0.1) is 0 Å². The smallest absolute Gasteiger partial charge is 0.246 e. The molecule has 3 rings (SSSR count). The summed E-state index contributed by atoms with van der Waals surface area (Å²) < 4.78 is 32.6. The Morgan fingerprint density at radius 2 is 1.78 bits per heavy atom. The standard InChI is InChI=1S/C21H29N5O5S/c1-15-20(17(3)31-23-15)32(29,30)24-16(2)21(28)26-11-9-25(10-12-26)14-19(27)22-13-18-7-5-4-6-8-18/h4-8,16,24H,9-14H2,1-3H3,(H,22,27)/t16-/m0/s1. The Kier molecular flexibility index (Phi) is 7.64. The molecule has 1 aliphatic rings. The number of carbonyl (C=O) groups is 2. The fourth-order valence-electron chi connectivity index (χ4n) is 3.66. The van der Waals surface area contributed by atoms with E-state index in [1.807, 2.05) is 35.2 Å². The van der Waals surface area contributed by atoms with E-state index in [-0.39, 0.29) is 34.7 Å². The predicted octanol–water partition coefficient (Wildman–Crippen LogP) is 0.419. The highest BCUT2D eigenvalue weighted by molar-refractivity contribution is 7.89. The lowest BCUT2D eigenvalue weighted by molar-refractivity contribution is -0.134. The molecule has 2 aromatic rings. The number of benzene rings is 1. The molecule has 2 N–H and O–H groups in total. The van der Waals surface area contributed by atoms with Gasteiger partial charge in [-0.1, -0.05) is 35.5 Å². The van der Waals surface area contributed by atoms with Crippen LogP contribution in [-0.4, -0.2) is 74.0 Å². The van der Waals surface area contributed by atoms with Gasteiger partial charge in [-0.25, -0.2) is 8.42 Å². The lowest BCUT2D eigenvalue weighted by Gasteiger charge is -2.35. The number of carbonyl (C=O) groups excluding carboxylic acids is 2. The first-order valence-corrected chi connectivity index (χ1v) is 11.9. The van der Waals surface area contributed by atoms with Crippen LogP contribution in [0, 0.1) is 13.8 Å². The molecule has 11 heteroatoms. The number of hydrogen-bond acceptors (Lipinski definition) is 7. The molecule has 1 saturated heterocycles. The average molecular weight is 464 g/mol. The second-order valence-electron chi connectivity index (χ2n) is 7.86. The maximum atomic E-state index is 12.8. The van der Waals surface area contributed by atoms with Crippen LogP contribution in [0.15, 0.2) is 39.8 Å². The number of piperazine rings is 1. The second kappa shape index (κ2) is 10.2. The Labute approximate surface area is 188 Å². The number of nitrogens with one attached hydrogen (secondary N) is 2. The number of sulfonamides is 1. The summed E-state index contributed by atoms with van der Waals surface area (Å²) in [7, 11) is -3.93. The molecule has 0 aliphatic carbocycles. The van der Waals surface area contributed by atoms with Crippen LogP contribution in [0.5, 0.6) is 0 Å². The number of rotatable bonds is 8. The third-order valence-corrected chi connectivity index (χ3v) is 7.11. The Morgan fingerprint density at radius 1 is 1.12 bits per heavy atom. The molecule has 174 valence electrons. The van der Waals surface area contributed by atoms with Crippen molar-refractivity contribution in [2.75, 3.05) is 32.7 Å². The lowest BCUT2D eigenvalue weighted by atomic mass is 10.2. The summed E-state index contributed by atoms with van der Waals surface area (Å²) in [4.78, 5) is 28.5. The largest absolute Gasteiger partial charge is 0.360 e. The van der Waals surface area contributed by atoms with E-state index in [0.717, 1.165) is 5.56 Å². The molecule has 1 atom stereocenters. The van der Waals surface area contributed by atoms with Gasteiger partial charge in [-0.3, -0.25) is 14.5 Å². The summed E-state index contributed by atoms with van der Waals surface area (Å²) in [5.41, 5.74) is 1.28. The van der Waals surface area contributed by atoms with E-state index in [1.165, 1.54) is 20.8 Å². The van der Waals surface area contributed by atoms with E-state index in [1.54, 1.807) is 4.90 Å². The van der Waals surface area contributed by atoms with E-state index in [9.17, 15) is 18.0 Å². The van der Waals surface area contributed by atoms with Crippen molar-refractivity contribution >= 4 is 21.8 Å². The summed E-state index contributed by atoms with van der Waals surface area (Å²) in [5.74, 6) is -0.212. The molecular formula is C21H29N5O5S. The Hall–Kier alpha value is -2.76. The van der Waals surface area contributed by atoms with Gasteiger partial charge in [0.05, 0.1) is 12.6 Å². The van der Waals surface area contributed by atoms with Gasteiger partial charge in [0.25, 0.3) is 0 Å². The van der Waals surface area contributed by atoms with E-state index in [4.69, 9.17) is 4.52 Å². The summed E-state index contributed by atoms with van der Waals surface area (Å²) in [6.07, 6.45) is 0. The van der Waals surface area contributed by atoms with Gasteiger partial charge < -0.3 is 14.7 Å². The van der Waals surface area contributed by atoms with Crippen molar-refractivity contribution in [3.63, 3.8) is 0 Å². The van der Waals surface area contributed by atoms with Crippen molar-refractivity contribution < 1.29 is 22.5 Å². The highest BCUT2D eigenvalue weighted by atomic mass is 32.2. The van der Waals surface area contributed by atoms with Gasteiger partial charge in [0, 0.05) is 32.7 Å². The second-order valence-corrected chi connectivity index (χ2v) is 9.51. The maximum Gasteiger partial charge on any atom is 0.246 e. The van der Waals surface area contributed by atoms with E-state index in [0.29, 0.717) is 32.7 Å². The minimum absolute atomic E-state index is 0.0384. The summed E-state index contributed by atoms with van der Waals surface area (Å²) in [6.45, 7) is 7.20. The van der Waals surface area contributed by atoms with Crippen molar-refractivity contribution in [3.05, 3.63) is 47.3 Å². The number of aryl methyl sites for hydroxylation is 2. The average Bonchev–Trinajstić information content (AvgIpc) is 3.11. The van der Waals surface area contributed by atoms with Gasteiger partial charge in [0.2, 0.25) is 21.8 Å². The molecule has 1 aromatic heterocycles. The molecule has 0 radical (unpaired) electrons. The molecule has 0 unspecified atom stereocenters. The topological polar surface area (TPSA) is 125 Å². The summed E-state index contributed by atoms with van der Waals surface area (Å²) in [6, 6.07) is 8.74. The molecule has 10 nitrogen and oxygen atoms in total. The van der Waals surface area contributed by atoms with Gasteiger partial charge in [-0.2, -0.15) is 4.72 Å². The first-order chi connectivity index (χ1) is 15.2. The van der Waals surface area contributed by atoms with Crippen LogP contribution in [0.1, 0.15) is 23.9 Å². The number of aromatic nitrogens is 1. The van der Waals surface area contributed by atoms with Crippen LogP contribution in [0.3, 0.4) is 0 Å². The zero-order chi connectivity index (χ0) is 23.3. The number of nitrogens with zero attached hydrogens (tertiary/aromatic N) is 3. The minimum Gasteiger partial charge on any atom is -0.360 e. The normalized spacial score (nSPS) is 16.0. The van der Waals surface area contributed by atoms with Crippen molar-refractivity contribution in [2.24, 2.45) is 0 Å². The highest BCUT2D eigenvalue weighted by Gasteiger charge is 2.31. The first kappa shape index (κ1) is 23.9. The molecule has 2 amide bonds. The van der Waals surface area contributed by atoms with Crippen LogP contribution >= 0.6 is 0 Å². The SMILES string of the molecule is Cc1noc(C)c1S(=O)(=O)N[C@@H](C)C(=O)N1CCN(CC(=O)NCc2ccccc2)CC1. The van der Waals surface area contributed by atoms with Gasteiger partial charge >= 0.3 is 0 Å². The fourth-order valence-corrected chi connectivity index (χ4v) is 5.18. The van der Waals surface area contributed by atoms with E-state index >= 15 is 0 Å². The van der Waals surface area contributed by atoms with Gasteiger partial charge in [-0.05, 0) is 26.3 Å². The molecular weight excluding hydrogens is 434 g/mol. The maximum absolute atomic E-state index is 12.8. The van der Waals surface area contributed by atoms with Crippen LogP contribution in [0.4, 0.5) is 0 Å². The van der Waals surface area contributed by atoms with Crippen LogP contribution in [-0.2, 0) is 26.2 Å². The van der Waals surface area contributed by atoms with Crippen LogP contribution < -0.4 is 10.0 Å². The Morgan fingerprint density at radius 3 is 2.38 bits per heavy atom. The van der Waals surface area contributed by atoms with Crippen LogP contribution in [0.2, 0.25) is 0 Å². The molecule has 1 aliphatic heterocycles. The lowest BCUT2D eigenvalue weighted by Crippen LogP contribution is -2.55.